The van der Waals surface area contributed by atoms with Crippen LogP contribution in [0.4, 0.5) is 0 Å². The number of rotatable bonds is 3. The molecule has 1 aromatic carbocycles. The molecule has 1 heteroatoms. The molecule has 13 heavy (non-hydrogen) atoms. The van der Waals surface area contributed by atoms with Crippen LogP contribution in [0.1, 0.15) is 19.4 Å². The highest BCUT2D eigenvalue weighted by Gasteiger charge is 2.20. The molecule has 0 bridgehead atoms. The lowest BCUT2D eigenvalue weighted by Crippen LogP contribution is -2.24. The first-order valence-corrected chi connectivity index (χ1v) is 4.53. The Balaban J connectivity index is 2.93. The van der Waals surface area contributed by atoms with E-state index in [1.807, 2.05) is 18.2 Å². The van der Waals surface area contributed by atoms with Gasteiger partial charge in [-0.1, -0.05) is 50.8 Å². The molecule has 0 aliphatic heterocycles. The van der Waals surface area contributed by atoms with Crippen molar-refractivity contribution in [2.45, 2.75) is 13.8 Å². The van der Waals surface area contributed by atoms with Crippen molar-refractivity contribution in [2.75, 3.05) is 6.54 Å². The Kier molecular flexibility index (Phi) is 2.89. The van der Waals surface area contributed by atoms with E-state index in [9.17, 15) is 0 Å². The van der Waals surface area contributed by atoms with Gasteiger partial charge in [0, 0.05) is 12.0 Å². The van der Waals surface area contributed by atoms with Crippen molar-refractivity contribution in [2.24, 2.45) is 11.1 Å². The Labute approximate surface area is 80.3 Å². The van der Waals surface area contributed by atoms with E-state index in [1.54, 1.807) is 0 Å². The molecule has 0 aliphatic rings. The van der Waals surface area contributed by atoms with Gasteiger partial charge >= 0.3 is 0 Å². The highest BCUT2D eigenvalue weighted by molar-refractivity contribution is 5.67. The fourth-order valence-corrected chi connectivity index (χ4v) is 1.15. The Bertz CT molecular complexity index is 285. The van der Waals surface area contributed by atoms with Crippen LogP contribution in [0.25, 0.3) is 5.57 Å². The Morgan fingerprint density at radius 3 is 2.31 bits per heavy atom. The average Bonchev–Trinajstić information content (AvgIpc) is 2.18. The van der Waals surface area contributed by atoms with Gasteiger partial charge in [0.2, 0.25) is 0 Å². The second kappa shape index (κ2) is 3.75. The van der Waals surface area contributed by atoms with Crippen molar-refractivity contribution in [3.05, 3.63) is 42.5 Å². The summed E-state index contributed by atoms with van der Waals surface area (Å²) >= 11 is 0. The van der Waals surface area contributed by atoms with E-state index in [2.05, 4.69) is 32.6 Å². The van der Waals surface area contributed by atoms with Gasteiger partial charge in [-0.25, -0.2) is 0 Å². The molecule has 0 unspecified atom stereocenters. The largest absolute Gasteiger partial charge is 0.330 e. The quantitative estimate of drug-likeness (QED) is 0.751. The van der Waals surface area contributed by atoms with Crippen molar-refractivity contribution in [1.82, 2.24) is 0 Å². The molecule has 70 valence electrons. The first kappa shape index (κ1) is 10.0. The molecule has 0 spiro atoms. The van der Waals surface area contributed by atoms with Gasteiger partial charge in [-0.3, -0.25) is 0 Å². The van der Waals surface area contributed by atoms with E-state index in [1.165, 1.54) is 5.56 Å². The zero-order valence-corrected chi connectivity index (χ0v) is 8.38. The van der Waals surface area contributed by atoms with Gasteiger partial charge in [0.25, 0.3) is 0 Å². The summed E-state index contributed by atoms with van der Waals surface area (Å²) in [4.78, 5) is 0. The van der Waals surface area contributed by atoms with Crippen molar-refractivity contribution < 1.29 is 0 Å². The monoisotopic (exact) mass is 175 g/mol. The normalized spacial score (nSPS) is 11.3. The third kappa shape index (κ3) is 2.19. The van der Waals surface area contributed by atoms with Crippen molar-refractivity contribution >= 4 is 5.57 Å². The van der Waals surface area contributed by atoms with Crippen LogP contribution in [-0.4, -0.2) is 6.54 Å². The van der Waals surface area contributed by atoms with Crippen molar-refractivity contribution in [3.8, 4) is 0 Å². The zero-order chi connectivity index (χ0) is 9.90. The van der Waals surface area contributed by atoms with Crippen LogP contribution in [0.5, 0.6) is 0 Å². The van der Waals surface area contributed by atoms with Crippen molar-refractivity contribution in [1.29, 1.82) is 0 Å². The molecular weight excluding hydrogens is 158 g/mol. The molecule has 2 N–H and O–H groups in total. The third-order valence-corrected chi connectivity index (χ3v) is 2.45. The molecular formula is C12H17N. The van der Waals surface area contributed by atoms with Gasteiger partial charge in [-0.05, 0) is 11.1 Å². The van der Waals surface area contributed by atoms with Gasteiger partial charge in [-0.15, -0.1) is 0 Å². The predicted molar refractivity (Wildman–Crippen MR) is 58.3 cm³/mol. The highest BCUT2D eigenvalue weighted by Crippen LogP contribution is 2.31. The van der Waals surface area contributed by atoms with Crippen LogP contribution in [0.2, 0.25) is 0 Å². The molecule has 0 heterocycles. The van der Waals surface area contributed by atoms with E-state index in [0.29, 0.717) is 6.54 Å². The minimum atomic E-state index is -0.0125. The standard InChI is InChI=1S/C12H17N/c1-10(12(2,3)9-13)11-7-5-4-6-8-11/h4-8H,1,9,13H2,2-3H3. The molecule has 0 fully saturated rings. The Morgan fingerprint density at radius 1 is 1.31 bits per heavy atom. The molecule has 0 radical (unpaired) electrons. The van der Waals surface area contributed by atoms with E-state index >= 15 is 0 Å². The fraction of sp³-hybridized carbons (Fsp3) is 0.333. The highest BCUT2D eigenvalue weighted by atomic mass is 14.6. The molecule has 1 rings (SSSR count). The first-order chi connectivity index (χ1) is 6.08. The molecule has 0 amide bonds. The van der Waals surface area contributed by atoms with Gasteiger partial charge in [0.1, 0.15) is 0 Å². The maximum absolute atomic E-state index is 5.68. The summed E-state index contributed by atoms with van der Waals surface area (Å²) in [5.41, 5.74) is 7.96. The molecule has 0 aliphatic carbocycles. The average molecular weight is 175 g/mol. The van der Waals surface area contributed by atoms with Gasteiger partial charge in [0.15, 0.2) is 0 Å². The summed E-state index contributed by atoms with van der Waals surface area (Å²) < 4.78 is 0. The molecule has 0 saturated carbocycles. The van der Waals surface area contributed by atoms with Crippen LogP contribution < -0.4 is 5.73 Å². The summed E-state index contributed by atoms with van der Waals surface area (Å²) in [6, 6.07) is 10.2. The van der Waals surface area contributed by atoms with E-state index in [-0.39, 0.29) is 5.41 Å². The van der Waals surface area contributed by atoms with E-state index < -0.39 is 0 Å². The second-order valence-corrected chi connectivity index (χ2v) is 3.93. The number of hydrogen-bond donors (Lipinski definition) is 1. The summed E-state index contributed by atoms with van der Waals surface area (Å²) in [6.45, 7) is 8.94. The number of nitrogens with two attached hydrogens (primary N) is 1. The minimum absolute atomic E-state index is 0.0125. The maximum Gasteiger partial charge on any atom is 0.00191 e. The second-order valence-electron chi connectivity index (χ2n) is 3.93. The number of benzene rings is 1. The first-order valence-electron chi connectivity index (χ1n) is 4.53. The SMILES string of the molecule is C=C(c1ccccc1)C(C)(C)CN. The van der Waals surface area contributed by atoms with E-state index in [0.717, 1.165) is 5.57 Å². The van der Waals surface area contributed by atoms with Gasteiger partial charge in [-0.2, -0.15) is 0 Å². The fourth-order valence-electron chi connectivity index (χ4n) is 1.15. The number of hydrogen-bond acceptors (Lipinski definition) is 1. The van der Waals surface area contributed by atoms with Gasteiger partial charge in [0.05, 0.1) is 0 Å². The molecule has 1 aromatic rings. The lowest BCUT2D eigenvalue weighted by atomic mass is 9.81. The molecule has 0 saturated heterocycles. The van der Waals surface area contributed by atoms with Crippen LogP contribution in [0.3, 0.4) is 0 Å². The topological polar surface area (TPSA) is 26.0 Å². The van der Waals surface area contributed by atoms with Crippen LogP contribution in [0, 0.1) is 5.41 Å². The van der Waals surface area contributed by atoms with E-state index in [4.69, 9.17) is 5.73 Å². The lowest BCUT2D eigenvalue weighted by Gasteiger charge is -2.25. The zero-order valence-electron chi connectivity index (χ0n) is 8.38. The van der Waals surface area contributed by atoms with Crippen LogP contribution in [-0.2, 0) is 0 Å². The Morgan fingerprint density at radius 2 is 1.85 bits per heavy atom. The summed E-state index contributed by atoms with van der Waals surface area (Å²) in [7, 11) is 0. The van der Waals surface area contributed by atoms with Crippen LogP contribution in [0.15, 0.2) is 36.9 Å². The predicted octanol–water partition coefficient (Wildman–Crippen LogP) is 2.68. The summed E-state index contributed by atoms with van der Waals surface area (Å²) in [5.74, 6) is 0. The lowest BCUT2D eigenvalue weighted by molar-refractivity contribution is 0.517. The maximum atomic E-state index is 5.68. The molecule has 0 atom stereocenters. The van der Waals surface area contributed by atoms with Gasteiger partial charge < -0.3 is 5.73 Å². The molecule has 0 aromatic heterocycles. The molecule has 1 nitrogen and oxygen atoms in total. The smallest absolute Gasteiger partial charge is 0.00191 e. The Hall–Kier alpha value is -1.08. The summed E-state index contributed by atoms with van der Waals surface area (Å²) in [6.07, 6.45) is 0. The van der Waals surface area contributed by atoms with Crippen LogP contribution >= 0.6 is 0 Å². The summed E-state index contributed by atoms with van der Waals surface area (Å²) in [5, 5.41) is 0. The minimum Gasteiger partial charge on any atom is -0.330 e. The third-order valence-electron chi connectivity index (χ3n) is 2.45. The van der Waals surface area contributed by atoms with Crippen molar-refractivity contribution in [3.63, 3.8) is 0 Å².